The molecule has 182 valence electrons. The van der Waals surface area contributed by atoms with Crippen LogP contribution >= 0.6 is 0 Å². The van der Waals surface area contributed by atoms with Crippen LogP contribution in [0.5, 0.6) is 0 Å². The summed E-state index contributed by atoms with van der Waals surface area (Å²) in [5.41, 5.74) is 1.24. The normalized spacial score (nSPS) is 22.6. The summed E-state index contributed by atoms with van der Waals surface area (Å²) in [6.45, 7) is 4.34. The molecule has 8 nitrogen and oxygen atoms in total. The predicted octanol–water partition coefficient (Wildman–Crippen LogP) is 2.48. The van der Waals surface area contributed by atoms with Gasteiger partial charge in [-0.05, 0) is 42.7 Å². The summed E-state index contributed by atoms with van der Waals surface area (Å²) in [5, 5.41) is 7.12. The molecule has 1 atom stereocenters. The maximum atomic E-state index is 12.6. The summed E-state index contributed by atoms with van der Waals surface area (Å²) in [4.78, 5) is 42.1. The highest BCUT2D eigenvalue weighted by molar-refractivity contribution is 5.79. The lowest BCUT2D eigenvalue weighted by Gasteiger charge is -2.47. The van der Waals surface area contributed by atoms with E-state index in [1.807, 2.05) is 28.1 Å². The Kier molecular flexibility index (Phi) is 7.93. The Balaban J connectivity index is 0.000000383. The molecule has 1 unspecified atom stereocenters. The van der Waals surface area contributed by atoms with Gasteiger partial charge in [0.2, 0.25) is 11.8 Å². The Morgan fingerprint density at radius 3 is 2.48 bits per heavy atom. The van der Waals surface area contributed by atoms with Crippen LogP contribution in [0.4, 0.5) is 13.2 Å². The second-order valence-electron chi connectivity index (χ2n) is 8.80. The number of carbonyl (C=O) groups is 3. The molecule has 4 heterocycles. The van der Waals surface area contributed by atoms with Gasteiger partial charge in [0.1, 0.15) is 0 Å². The van der Waals surface area contributed by atoms with E-state index in [4.69, 9.17) is 14.6 Å². The van der Waals surface area contributed by atoms with Gasteiger partial charge >= 0.3 is 12.1 Å². The van der Waals surface area contributed by atoms with Crippen LogP contribution in [0, 0.1) is 11.3 Å². The van der Waals surface area contributed by atoms with Crippen molar-refractivity contribution in [2.75, 3.05) is 32.8 Å². The number of carbonyl (C=O) groups excluding carboxylic acids is 2. The van der Waals surface area contributed by atoms with Crippen LogP contribution in [0.1, 0.15) is 37.7 Å². The fourth-order valence-electron chi connectivity index (χ4n) is 4.56. The van der Waals surface area contributed by atoms with Crippen molar-refractivity contribution in [1.29, 1.82) is 0 Å². The summed E-state index contributed by atoms with van der Waals surface area (Å²) in [7, 11) is 0. The number of ether oxygens (including phenoxy) is 1. The summed E-state index contributed by atoms with van der Waals surface area (Å²) < 4.78 is 37.1. The molecule has 3 aliphatic heterocycles. The summed E-state index contributed by atoms with van der Waals surface area (Å²) in [5.74, 6) is -2.20. The van der Waals surface area contributed by atoms with Crippen molar-refractivity contribution in [3.63, 3.8) is 0 Å². The van der Waals surface area contributed by atoms with Crippen LogP contribution < -0.4 is 0 Å². The lowest BCUT2D eigenvalue weighted by Crippen LogP contribution is -2.52. The molecule has 4 rings (SSSR count). The molecule has 3 saturated heterocycles. The Bertz CT molecular complexity index is 835. The molecule has 0 aromatic carbocycles. The molecule has 0 radical (unpaired) electrons. The molecule has 0 bridgehead atoms. The molecule has 1 N–H and O–H groups in total. The van der Waals surface area contributed by atoms with Crippen molar-refractivity contribution < 1.29 is 37.4 Å². The highest BCUT2D eigenvalue weighted by Gasteiger charge is 2.42. The Morgan fingerprint density at radius 1 is 1.24 bits per heavy atom. The van der Waals surface area contributed by atoms with Gasteiger partial charge in [0.25, 0.3) is 0 Å². The number of rotatable bonds is 3. The van der Waals surface area contributed by atoms with Gasteiger partial charge in [-0.2, -0.15) is 13.2 Å². The number of hydrogen-bond acceptors (Lipinski definition) is 5. The number of pyridine rings is 1. The molecule has 3 aliphatic rings. The minimum atomic E-state index is -5.08. The van der Waals surface area contributed by atoms with E-state index in [9.17, 15) is 22.8 Å². The van der Waals surface area contributed by atoms with Gasteiger partial charge in [0.05, 0.1) is 12.5 Å². The topological polar surface area (TPSA) is 100 Å². The summed E-state index contributed by atoms with van der Waals surface area (Å²) >= 11 is 0. The van der Waals surface area contributed by atoms with Gasteiger partial charge in [-0.25, -0.2) is 4.79 Å². The fourth-order valence-corrected chi connectivity index (χ4v) is 4.56. The third kappa shape index (κ3) is 6.66. The third-order valence-electron chi connectivity index (χ3n) is 6.50. The molecular weight excluding hydrogens is 443 g/mol. The second-order valence-corrected chi connectivity index (χ2v) is 8.80. The van der Waals surface area contributed by atoms with Crippen molar-refractivity contribution in [2.45, 2.75) is 44.8 Å². The van der Waals surface area contributed by atoms with Crippen LogP contribution in [-0.4, -0.2) is 76.7 Å². The van der Waals surface area contributed by atoms with Crippen molar-refractivity contribution in [3.8, 4) is 0 Å². The van der Waals surface area contributed by atoms with E-state index in [0.29, 0.717) is 26.2 Å². The van der Waals surface area contributed by atoms with Gasteiger partial charge in [-0.3, -0.25) is 14.6 Å². The van der Waals surface area contributed by atoms with Crippen LogP contribution in [0.25, 0.3) is 0 Å². The second kappa shape index (κ2) is 10.5. The van der Waals surface area contributed by atoms with Gasteiger partial charge in [-0.1, -0.05) is 6.07 Å². The standard InChI is InChI=1S/C20H27N3O3.C2HF3O2/c24-18-3-5-20(15-23(18)13-16-2-1-8-21-12-16)6-9-22(10-7-20)19(25)17-4-11-26-14-17;3-2(4,5)1(6)7/h1-2,8,12,17H,3-7,9-11,13-15H2;(H,6,7). The van der Waals surface area contributed by atoms with Gasteiger partial charge in [0.15, 0.2) is 0 Å². The van der Waals surface area contributed by atoms with Crippen molar-refractivity contribution in [2.24, 2.45) is 11.3 Å². The summed E-state index contributed by atoms with van der Waals surface area (Å²) in [6, 6.07) is 3.93. The molecule has 0 saturated carbocycles. The zero-order valence-corrected chi connectivity index (χ0v) is 18.2. The SMILES string of the molecule is O=C(O)C(F)(F)F.O=C1CCC2(CCN(C(=O)C3CCOC3)CC2)CN1Cc1cccnc1. The maximum Gasteiger partial charge on any atom is 0.490 e. The summed E-state index contributed by atoms with van der Waals surface area (Å²) in [6.07, 6.45) is 2.90. The van der Waals surface area contributed by atoms with Crippen LogP contribution in [-0.2, 0) is 25.7 Å². The number of hydrogen-bond donors (Lipinski definition) is 1. The number of aliphatic carboxylic acids is 1. The number of aromatic nitrogens is 1. The fraction of sp³-hybridized carbons (Fsp3) is 0.636. The number of nitrogens with zero attached hydrogens (tertiary/aromatic N) is 3. The number of likely N-dealkylation sites (tertiary alicyclic amines) is 2. The Morgan fingerprint density at radius 2 is 1.94 bits per heavy atom. The van der Waals surface area contributed by atoms with Crippen molar-refractivity contribution in [3.05, 3.63) is 30.1 Å². The number of carboxylic acid groups (broad SMARTS) is 1. The number of carboxylic acids is 1. The highest BCUT2D eigenvalue weighted by Crippen LogP contribution is 2.41. The molecule has 0 aliphatic carbocycles. The Hall–Kier alpha value is -2.69. The zero-order valence-electron chi connectivity index (χ0n) is 18.2. The monoisotopic (exact) mass is 471 g/mol. The van der Waals surface area contributed by atoms with Crippen LogP contribution in [0.3, 0.4) is 0 Å². The molecular formula is C22H28F3N3O5. The van der Waals surface area contributed by atoms with E-state index in [1.165, 1.54) is 0 Å². The first-order chi connectivity index (χ1) is 15.6. The van der Waals surface area contributed by atoms with Gasteiger partial charge < -0.3 is 19.6 Å². The minimum absolute atomic E-state index is 0.0547. The van der Waals surface area contributed by atoms with Gasteiger partial charge in [0, 0.05) is 51.6 Å². The number of halogens is 3. The van der Waals surface area contributed by atoms with E-state index in [-0.39, 0.29) is 23.1 Å². The lowest BCUT2D eigenvalue weighted by molar-refractivity contribution is -0.192. The quantitative estimate of drug-likeness (QED) is 0.727. The van der Waals surface area contributed by atoms with E-state index in [1.54, 1.807) is 6.20 Å². The minimum Gasteiger partial charge on any atom is -0.475 e. The van der Waals surface area contributed by atoms with E-state index < -0.39 is 12.1 Å². The molecule has 1 aromatic heterocycles. The van der Waals surface area contributed by atoms with E-state index in [2.05, 4.69) is 4.98 Å². The Labute approximate surface area is 189 Å². The van der Waals surface area contributed by atoms with Gasteiger partial charge in [-0.15, -0.1) is 0 Å². The van der Waals surface area contributed by atoms with Crippen molar-refractivity contribution >= 4 is 17.8 Å². The van der Waals surface area contributed by atoms with Crippen LogP contribution in [0.15, 0.2) is 24.5 Å². The number of amides is 2. The van der Waals surface area contributed by atoms with E-state index >= 15 is 0 Å². The zero-order chi connectivity index (χ0) is 24.1. The first-order valence-corrected chi connectivity index (χ1v) is 10.9. The molecule has 3 fully saturated rings. The predicted molar refractivity (Wildman–Crippen MR) is 110 cm³/mol. The lowest BCUT2D eigenvalue weighted by atomic mass is 9.72. The van der Waals surface area contributed by atoms with Crippen LogP contribution in [0.2, 0.25) is 0 Å². The van der Waals surface area contributed by atoms with Crippen molar-refractivity contribution in [1.82, 2.24) is 14.8 Å². The smallest absolute Gasteiger partial charge is 0.475 e. The number of alkyl halides is 3. The number of piperidine rings is 2. The third-order valence-corrected chi connectivity index (χ3v) is 6.50. The average molecular weight is 471 g/mol. The maximum absolute atomic E-state index is 12.6. The largest absolute Gasteiger partial charge is 0.490 e. The average Bonchev–Trinajstić information content (AvgIpc) is 3.32. The molecule has 11 heteroatoms. The first-order valence-electron chi connectivity index (χ1n) is 10.9. The first kappa shape index (κ1) is 24.9. The molecule has 1 spiro atoms. The highest BCUT2D eigenvalue weighted by atomic mass is 19.4. The molecule has 1 aromatic rings. The molecule has 33 heavy (non-hydrogen) atoms. The van der Waals surface area contributed by atoms with E-state index in [0.717, 1.165) is 50.9 Å². The molecule has 2 amide bonds.